The first-order valence-electron chi connectivity index (χ1n) is 11.2. The topological polar surface area (TPSA) is 43.9 Å². The van der Waals surface area contributed by atoms with E-state index < -0.39 is 0 Å². The van der Waals surface area contributed by atoms with Crippen LogP contribution in [0, 0.1) is 0 Å². The molecule has 160 valence electrons. The number of para-hydroxylation sites is 1. The van der Waals surface area contributed by atoms with E-state index in [0.29, 0.717) is 0 Å². The lowest BCUT2D eigenvalue weighted by Gasteiger charge is -2.13. The summed E-state index contributed by atoms with van der Waals surface area (Å²) in [5.41, 5.74) is 8.59. The average Bonchev–Trinajstić information content (AvgIpc) is 3.50. The Labute approximate surface area is 195 Å². The second kappa shape index (κ2) is 7.42. The molecule has 7 rings (SSSR count). The van der Waals surface area contributed by atoms with Crippen LogP contribution in [0.3, 0.4) is 0 Å². The maximum Gasteiger partial charge on any atom is 0.135 e. The van der Waals surface area contributed by atoms with Crippen molar-refractivity contribution in [3.05, 3.63) is 116 Å². The highest BCUT2D eigenvalue weighted by molar-refractivity contribution is 6.13. The summed E-state index contributed by atoms with van der Waals surface area (Å²) in [4.78, 5) is 8.70. The summed E-state index contributed by atoms with van der Waals surface area (Å²) in [6.07, 6.45) is 9.17. The van der Waals surface area contributed by atoms with E-state index in [2.05, 4.69) is 81.3 Å². The molecule has 0 atom stereocenters. The first-order chi connectivity index (χ1) is 16.8. The molecule has 0 N–H and O–H groups in total. The Bertz CT molecular complexity index is 1740. The summed E-state index contributed by atoms with van der Waals surface area (Å²) in [7, 11) is 0. The number of hydrogen-bond donors (Lipinski definition) is 0. The lowest BCUT2D eigenvalue weighted by molar-refractivity contribution is 0.616. The Morgan fingerprint density at radius 2 is 1.32 bits per heavy atom. The van der Waals surface area contributed by atoms with Crippen molar-refractivity contribution >= 4 is 32.8 Å². The third-order valence-corrected chi connectivity index (χ3v) is 6.41. The first-order valence-corrected chi connectivity index (χ1v) is 11.2. The number of furan rings is 1. The monoisotopic (exact) mass is 437 g/mol. The second-order valence-corrected chi connectivity index (χ2v) is 8.43. The van der Waals surface area contributed by atoms with Gasteiger partial charge in [0.2, 0.25) is 0 Å². The van der Waals surface area contributed by atoms with Gasteiger partial charge in [0.05, 0.1) is 17.3 Å². The Hall–Kier alpha value is -4.70. The number of hydrogen-bond acceptors (Lipinski definition) is 3. The van der Waals surface area contributed by atoms with Gasteiger partial charge >= 0.3 is 0 Å². The molecule has 4 heterocycles. The maximum atomic E-state index is 5.77. The molecule has 0 fully saturated rings. The molecular formula is C30H19N3O. The van der Waals surface area contributed by atoms with E-state index in [9.17, 15) is 0 Å². The molecule has 0 bridgehead atoms. The van der Waals surface area contributed by atoms with Gasteiger partial charge in [-0.3, -0.25) is 9.97 Å². The molecule has 7 aromatic rings. The van der Waals surface area contributed by atoms with E-state index in [-0.39, 0.29) is 0 Å². The van der Waals surface area contributed by atoms with E-state index in [1.165, 1.54) is 10.8 Å². The van der Waals surface area contributed by atoms with Crippen molar-refractivity contribution in [3.63, 3.8) is 0 Å². The number of benzene rings is 3. The molecule has 0 amide bonds. The van der Waals surface area contributed by atoms with Crippen LogP contribution in [0.5, 0.6) is 0 Å². The number of fused-ring (bicyclic) bond motifs is 4. The molecule has 4 heteroatoms. The predicted octanol–water partition coefficient (Wildman–Crippen LogP) is 7.65. The van der Waals surface area contributed by atoms with Gasteiger partial charge in [0, 0.05) is 63.8 Å². The van der Waals surface area contributed by atoms with Gasteiger partial charge in [0.1, 0.15) is 5.58 Å². The Kier molecular flexibility index (Phi) is 4.11. The van der Waals surface area contributed by atoms with E-state index in [1.54, 1.807) is 18.7 Å². The van der Waals surface area contributed by atoms with Crippen molar-refractivity contribution in [2.24, 2.45) is 0 Å². The highest BCUT2D eigenvalue weighted by Crippen LogP contribution is 2.37. The molecular weight excluding hydrogens is 418 g/mol. The van der Waals surface area contributed by atoms with Crippen LogP contribution in [0.25, 0.3) is 60.7 Å². The fourth-order valence-corrected chi connectivity index (χ4v) is 4.84. The molecule has 0 unspecified atom stereocenters. The van der Waals surface area contributed by atoms with Crippen LogP contribution in [0.1, 0.15) is 0 Å². The van der Waals surface area contributed by atoms with E-state index in [0.717, 1.165) is 49.9 Å². The van der Waals surface area contributed by atoms with Crippen LogP contribution in [-0.2, 0) is 0 Å². The van der Waals surface area contributed by atoms with E-state index in [4.69, 9.17) is 4.42 Å². The summed E-state index contributed by atoms with van der Waals surface area (Å²) in [5, 5.41) is 3.53. The lowest BCUT2D eigenvalue weighted by atomic mass is 9.99. The summed E-state index contributed by atoms with van der Waals surface area (Å²) in [6.45, 7) is 0. The standard InChI is InChI=1S/C30H19N3O/c1-2-8-28-26(7-1)27-16-20-9-12-34-30(20)17-29(27)33(28)25-14-23(21-5-3-10-31-18-21)13-24(15-25)22-6-4-11-32-19-22/h1-19H. The summed E-state index contributed by atoms with van der Waals surface area (Å²) < 4.78 is 8.09. The van der Waals surface area contributed by atoms with Crippen molar-refractivity contribution < 1.29 is 4.42 Å². The third kappa shape index (κ3) is 2.93. The van der Waals surface area contributed by atoms with Crippen LogP contribution < -0.4 is 0 Å². The maximum absolute atomic E-state index is 5.77. The van der Waals surface area contributed by atoms with E-state index in [1.807, 2.05) is 30.6 Å². The Morgan fingerprint density at radius 3 is 2.03 bits per heavy atom. The van der Waals surface area contributed by atoms with Gasteiger partial charge in [-0.25, -0.2) is 0 Å². The van der Waals surface area contributed by atoms with Crippen LogP contribution in [-0.4, -0.2) is 14.5 Å². The van der Waals surface area contributed by atoms with Crippen molar-refractivity contribution in [3.8, 4) is 27.9 Å². The van der Waals surface area contributed by atoms with Crippen LogP contribution in [0.15, 0.2) is 120 Å². The van der Waals surface area contributed by atoms with Gasteiger partial charge in [-0.15, -0.1) is 0 Å². The number of nitrogens with zero attached hydrogens (tertiary/aromatic N) is 3. The van der Waals surface area contributed by atoms with Gasteiger partial charge in [0.25, 0.3) is 0 Å². The van der Waals surface area contributed by atoms with Crippen molar-refractivity contribution in [2.45, 2.75) is 0 Å². The van der Waals surface area contributed by atoms with Gasteiger partial charge in [-0.05, 0) is 59.7 Å². The fourth-order valence-electron chi connectivity index (χ4n) is 4.84. The van der Waals surface area contributed by atoms with Gasteiger partial charge in [0.15, 0.2) is 0 Å². The highest BCUT2D eigenvalue weighted by Gasteiger charge is 2.16. The zero-order valence-electron chi connectivity index (χ0n) is 18.2. The Morgan fingerprint density at radius 1 is 0.588 bits per heavy atom. The third-order valence-electron chi connectivity index (χ3n) is 6.41. The molecule has 0 spiro atoms. The molecule has 0 aliphatic heterocycles. The minimum atomic E-state index is 0.882. The molecule has 0 saturated carbocycles. The smallest absolute Gasteiger partial charge is 0.135 e. The fraction of sp³-hybridized carbons (Fsp3) is 0. The molecule has 4 nitrogen and oxygen atoms in total. The minimum Gasteiger partial charge on any atom is -0.464 e. The predicted molar refractivity (Wildman–Crippen MR) is 137 cm³/mol. The van der Waals surface area contributed by atoms with Crippen LogP contribution in [0.4, 0.5) is 0 Å². The lowest BCUT2D eigenvalue weighted by Crippen LogP contribution is -1.96. The largest absolute Gasteiger partial charge is 0.464 e. The van der Waals surface area contributed by atoms with E-state index >= 15 is 0 Å². The number of rotatable bonds is 3. The number of pyridine rings is 2. The summed E-state index contributed by atoms with van der Waals surface area (Å²) in [5.74, 6) is 0. The molecule has 0 aliphatic rings. The zero-order chi connectivity index (χ0) is 22.5. The summed E-state index contributed by atoms with van der Waals surface area (Å²) >= 11 is 0. The van der Waals surface area contributed by atoms with Crippen LogP contribution >= 0.6 is 0 Å². The van der Waals surface area contributed by atoms with Gasteiger partial charge in [-0.2, -0.15) is 0 Å². The van der Waals surface area contributed by atoms with Crippen LogP contribution in [0.2, 0.25) is 0 Å². The molecule has 0 saturated heterocycles. The number of aromatic nitrogens is 3. The zero-order valence-corrected chi connectivity index (χ0v) is 18.2. The quantitative estimate of drug-likeness (QED) is 0.285. The van der Waals surface area contributed by atoms with Gasteiger partial charge < -0.3 is 8.98 Å². The first kappa shape index (κ1) is 18.8. The average molecular weight is 438 g/mol. The molecule has 3 aromatic carbocycles. The van der Waals surface area contributed by atoms with Crippen molar-refractivity contribution in [2.75, 3.05) is 0 Å². The van der Waals surface area contributed by atoms with Gasteiger partial charge in [-0.1, -0.05) is 30.3 Å². The van der Waals surface area contributed by atoms with Crippen molar-refractivity contribution in [1.29, 1.82) is 0 Å². The Balaban J connectivity index is 1.59. The second-order valence-electron chi connectivity index (χ2n) is 8.43. The molecule has 0 radical (unpaired) electrons. The molecule has 0 aliphatic carbocycles. The minimum absolute atomic E-state index is 0.882. The molecule has 34 heavy (non-hydrogen) atoms. The van der Waals surface area contributed by atoms with Crippen molar-refractivity contribution in [1.82, 2.24) is 14.5 Å². The highest BCUT2D eigenvalue weighted by atomic mass is 16.3. The normalized spacial score (nSPS) is 11.5. The summed E-state index contributed by atoms with van der Waals surface area (Å²) in [6, 6.07) is 29.7. The molecule has 4 aromatic heterocycles. The SMILES string of the molecule is c1cncc(-c2cc(-c3cccnc3)cc(-n3c4ccccc4c4cc5ccoc5cc43)c2)c1.